The molecule has 3 nitrogen and oxygen atoms in total. The first-order valence-electron chi connectivity index (χ1n) is 6.19. The monoisotopic (exact) mass is 223 g/mol. The topological polar surface area (TPSA) is 29.9 Å². The third kappa shape index (κ3) is 2.64. The Morgan fingerprint density at radius 3 is 2.31 bits per heavy atom. The molecule has 1 aromatic heterocycles. The van der Waals surface area contributed by atoms with E-state index in [1.807, 2.05) is 7.05 Å². The summed E-state index contributed by atoms with van der Waals surface area (Å²) in [5, 5.41) is 7.99. The quantitative estimate of drug-likeness (QED) is 0.831. The van der Waals surface area contributed by atoms with Gasteiger partial charge in [0, 0.05) is 11.7 Å². The summed E-state index contributed by atoms with van der Waals surface area (Å²) in [6.45, 7) is 11.9. The van der Waals surface area contributed by atoms with Crippen LogP contribution in [0.1, 0.15) is 37.2 Å². The van der Waals surface area contributed by atoms with E-state index >= 15 is 0 Å². The second kappa shape index (κ2) is 5.48. The molecule has 1 rings (SSSR count). The van der Waals surface area contributed by atoms with Crippen molar-refractivity contribution in [3.05, 3.63) is 17.0 Å². The molecule has 0 amide bonds. The van der Waals surface area contributed by atoms with Crippen molar-refractivity contribution in [1.82, 2.24) is 15.1 Å². The van der Waals surface area contributed by atoms with E-state index < -0.39 is 0 Å². The van der Waals surface area contributed by atoms with Crippen LogP contribution >= 0.6 is 0 Å². The maximum Gasteiger partial charge on any atom is 0.0625 e. The zero-order valence-corrected chi connectivity index (χ0v) is 11.5. The normalized spacial score (nSPS) is 15.1. The third-order valence-electron chi connectivity index (χ3n) is 3.81. The van der Waals surface area contributed by atoms with Crippen LogP contribution in [-0.2, 0) is 6.54 Å². The minimum atomic E-state index is 0.502. The summed E-state index contributed by atoms with van der Waals surface area (Å²) in [5.74, 6) is 0.675. The molecule has 1 N–H and O–H groups in total. The van der Waals surface area contributed by atoms with Crippen molar-refractivity contribution < 1.29 is 0 Å². The van der Waals surface area contributed by atoms with Gasteiger partial charge >= 0.3 is 0 Å². The van der Waals surface area contributed by atoms with Gasteiger partial charge in [-0.15, -0.1) is 0 Å². The summed E-state index contributed by atoms with van der Waals surface area (Å²) in [4.78, 5) is 0. The Labute approximate surface area is 99.2 Å². The van der Waals surface area contributed by atoms with Crippen LogP contribution in [0.4, 0.5) is 0 Å². The molecule has 0 fully saturated rings. The van der Waals surface area contributed by atoms with Crippen molar-refractivity contribution in [3.63, 3.8) is 0 Å². The van der Waals surface area contributed by atoms with E-state index in [0.717, 1.165) is 12.2 Å². The van der Waals surface area contributed by atoms with Gasteiger partial charge in [-0.3, -0.25) is 4.68 Å². The van der Waals surface area contributed by atoms with Gasteiger partial charge in [0.05, 0.1) is 12.2 Å². The number of aromatic nitrogens is 2. The molecule has 1 heterocycles. The lowest BCUT2D eigenvalue weighted by molar-refractivity contribution is 0.333. The number of nitrogens with zero attached hydrogens (tertiary/aromatic N) is 2. The summed E-state index contributed by atoms with van der Waals surface area (Å²) in [7, 11) is 2.04. The van der Waals surface area contributed by atoms with Crippen LogP contribution < -0.4 is 5.32 Å². The van der Waals surface area contributed by atoms with Crippen molar-refractivity contribution >= 4 is 0 Å². The SMILES string of the molecule is CCC(C)C(Cn1nc(C)c(C)c1C)NC. The fourth-order valence-electron chi connectivity index (χ4n) is 1.99. The maximum absolute atomic E-state index is 4.59. The molecule has 92 valence electrons. The van der Waals surface area contributed by atoms with E-state index in [0.29, 0.717) is 12.0 Å². The van der Waals surface area contributed by atoms with Crippen LogP contribution in [0.25, 0.3) is 0 Å². The van der Waals surface area contributed by atoms with E-state index in [-0.39, 0.29) is 0 Å². The molecular formula is C13H25N3. The first-order chi connectivity index (χ1) is 7.51. The number of nitrogens with one attached hydrogen (secondary N) is 1. The molecule has 0 radical (unpaired) electrons. The molecule has 0 aliphatic rings. The largest absolute Gasteiger partial charge is 0.315 e. The van der Waals surface area contributed by atoms with Crippen molar-refractivity contribution in [2.24, 2.45) is 5.92 Å². The molecule has 2 unspecified atom stereocenters. The first kappa shape index (κ1) is 13.2. The highest BCUT2D eigenvalue weighted by Crippen LogP contribution is 2.14. The molecule has 0 bridgehead atoms. The van der Waals surface area contributed by atoms with Crippen LogP contribution in [-0.4, -0.2) is 22.9 Å². The average Bonchev–Trinajstić information content (AvgIpc) is 2.52. The standard InChI is InChI=1S/C13H25N3/c1-7-9(2)13(14-6)8-16-12(5)10(3)11(4)15-16/h9,13-14H,7-8H2,1-6H3. The highest BCUT2D eigenvalue weighted by Gasteiger charge is 2.16. The van der Waals surface area contributed by atoms with E-state index in [4.69, 9.17) is 0 Å². The lowest BCUT2D eigenvalue weighted by atomic mass is 9.99. The van der Waals surface area contributed by atoms with E-state index in [1.165, 1.54) is 17.7 Å². The Morgan fingerprint density at radius 2 is 1.94 bits per heavy atom. The summed E-state index contributed by atoms with van der Waals surface area (Å²) < 4.78 is 2.14. The molecule has 2 atom stereocenters. The van der Waals surface area contributed by atoms with Gasteiger partial charge in [0.15, 0.2) is 0 Å². The minimum absolute atomic E-state index is 0.502. The van der Waals surface area contributed by atoms with Gasteiger partial charge in [0.2, 0.25) is 0 Å². The van der Waals surface area contributed by atoms with E-state index in [9.17, 15) is 0 Å². The predicted octanol–water partition coefficient (Wildman–Crippen LogP) is 2.44. The average molecular weight is 223 g/mol. The molecule has 0 aliphatic carbocycles. The van der Waals surface area contributed by atoms with Crippen molar-refractivity contribution in [2.75, 3.05) is 7.05 Å². The Kier molecular flexibility index (Phi) is 4.54. The van der Waals surface area contributed by atoms with Crippen LogP contribution in [0.5, 0.6) is 0 Å². The van der Waals surface area contributed by atoms with Crippen LogP contribution in [0.2, 0.25) is 0 Å². The van der Waals surface area contributed by atoms with Crippen LogP contribution in [0.15, 0.2) is 0 Å². The van der Waals surface area contributed by atoms with Crippen LogP contribution in [0.3, 0.4) is 0 Å². The summed E-state index contributed by atoms with van der Waals surface area (Å²) >= 11 is 0. The Morgan fingerprint density at radius 1 is 1.31 bits per heavy atom. The molecule has 0 saturated heterocycles. The van der Waals surface area contributed by atoms with Gasteiger partial charge in [0.1, 0.15) is 0 Å². The van der Waals surface area contributed by atoms with E-state index in [1.54, 1.807) is 0 Å². The highest BCUT2D eigenvalue weighted by molar-refractivity contribution is 5.22. The van der Waals surface area contributed by atoms with Crippen molar-refractivity contribution in [1.29, 1.82) is 0 Å². The number of hydrogen-bond donors (Lipinski definition) is 1. The fraction of sp³-hybridized carbons (Fsp3) is 0.769. The lowest BCUT2D eigenvalue weighted by Crippen LogP contribution is -2.36. The second-order valence-corrected chi connectivity index (χ2v) is 4.76. The second-order valence-electron chi connectivity index (χ2n) is 4.76. The third-order valence-corrected chi connectivity index (χ3v) is 3.81. The first-order valence-corrected chi connectivity index (χ1v) is 6.19. The number of hydrogen-bond acceptors (Lipinski definition) is 2. The molecule has 0 spiro atoms. The van der Waals surface area contributed by atoms with Crippen LogP contribution in [0, 0.1) is 26.7 Å². The summed E-state index contributed by atoms with van der Waals surface area (Å²) in [5.41, 5.74) is 3.76. The lowest BCUT2D eigenvalue weighted by Gasteiger charge is -2.23. The zero-order valence-electron chi connectivity index (χ0n) is 11.5. The van der Waals surface area contributed by atoms with E-state index in [2.05, 4.69) is 49.7 Å². The molecule has 16 heavy (non-hydrogen) atoms. The Balaban J connectivity index is 2.82. The summed E-state index contributed by atoms with van der Waals surface area (Å²) in [6, 6.07) is 0.502. The van der Waals surface area contributed by atoms with Crippen molar-refractivity contribution in [3.8, 4) is 0 Å². The van der Waals surface area contributed by atoms with Gasteiger partial charge in [0.25, 0.3) is 0 Å². The predicted molar refractivity (Wildman–Crippen MR) is 68.7 cm³/mol. The molecule has 0 aromatic carbocycles. The van der Waals surface area contributed by atoms with Crippen molar-refractivity contribution in [2.45, 2.75) is 53.6 Å². The van der Waals surface area contributed by atoms with Gasteiger partial charge < -0.3 is 5.32 Å². The molecule has 3 heteroatoms. The smallest absolute Gasteiger partial charge is 0.0625 e. The maximum atomic E-state index is 4.59. The fourth-order valence-corrected chi connectivity index (χ4v) is 1.99. The van der Waals surface area contributed by atoms with Gasteiger partial charge in [-0.05, 0) is 39.3 Å². The molecular weight excluding hydrogens is 198 g/mol. The Bertz CT molecular complexity index is 341. The van der Waals surface area contributed by atoms with Gasteiger partial charge in [-0.25, -0.2) is 0 Å². The zero-order chi connectivity index (χ0) is 12.3. The summed E-state index contributed by atoms with van der Waals surface area (Å²) in [6.07, 6.45) is 1.20. The molecule has 0 aliphatic heterocycles. The molecule has 1 aromatic rings. The number of likely N-dealkylation sites (N-methyl/N-ethyl adjacent to an activating group) is 1. The van der Waals surface area contributed by atoms with Gasteiger partial charge in [-0.2, -0.15) is 5.10 Å². The highest BCUT2D eigenvalue weighted by atomic mass is 15.3. The number of aryl methyl sites for hydroxylation is 1. The Hall–Kier alpha value is -0.830. The molecule has 0 saturated carbocycles. The number of rotatable bonds is 5. The van der Waals surface area contributed by atoms with Gasteiger partial charge in [-0.1, -0.05) is 20.3 Å². The minimum Gasteiger partial charge on any atom is -0.315 e.